The van der Waals surface area contributed by atoms with E-state index >= 15 is 0 Å². The van der Waals surface area contributed by atoms with Crippen LogP contribution in [-0.2, 0) is 5.75 Å². The zero-order valence-electron chi connectivity index (χ0n) is 18.4. The number of rotatable bonds is 7. The molecule has 7 nitrogen and oxygen atoms in total. The molecule has 34 heavy (non-hydrogen) atoms. The van der Waals surface area contributed by atoms with E-state index in [-0.39, 0.29) is 11.6 Å². The number of aromatic amines is 1. The number of anilines is 1. The molecule has 2 N–H and O–H groups in total. The second-order valence-electron chi connectivity index (χ2n) is 7.29. The summed E-state index contributed by atoms with van der Waals surface area (Å²) in [6.07, 6.45) is 0. The summed E-state index contributed by atoms with van der Waals surface area (Å²) < 4.78 is 5.26. The second kappa shape index (κ2) is 10.4. The predicted molar refractivity (Wildman–Crippen MR) is 136 cm³/mol. The fourth-order valence-corrected chi connectivity index (χ4v) is 4.90. The van der Waals surface area contributed by atoms with E-state index in [1.165, 1.54) is 23.1 Å². The molecule has 2 heterocycles. The molecule has 0 atom stereocenters. The van der Waals surface area contributed by atoms with Crippen LogP contribution in [0.15, 0.2) is 69.9 Å². The number of thiophene rings is 1. The van der Waals surface area contributed by atoms with Crippen LogP contribution in [0.25, 0.3) is 16.1 Å². The van der Waals surface area contributed by atoms with Crippen molar-refractivity contribution in [1.82, 2.24) is 9.97 Å². The van der Waals surface area contributed by atoms with Crippen LogP contribution in [0.2, 0.25) is 0 Å². The molecule has 0 bridgehead atoms. The number of nitrogens with one attached hydrogen (secondary N) is 2. The van der Waals surface area contributed by atoms with Crippen molar-refractivity contribution in [3.05, 3.63) is 97.8 Å². The van der Waals surface area contributed by atoms with Crippen molar-refractivity contribution in [2.24, 2.45) is 0 Å². The Hall–Kier alpha value is -3.87. The van der Waals surface area contributed by atoms with Crippen LogP contribution < -0.4 is 15.6 Å². The molecular weight excluding hydrogens is 468 g/mol. The minimum absolute atomic E-state index is 0.0637. The number of aromatic nitrogens is 2. The molecule has 2 aromatic heterocycles. The molecule has 0 saturated carbocycles. The largest absolute Gasteiger partial charge is 0.497 e. The third-order valence-electron chi connectivity index (χ3n) is 4.96. The molecule has 0 fully saturated rings. The number of aryl methyl sites for hydroxylation is 1. The maximum atomic E-state index is 12.5. The van der Waals surface area contributed by atoms with Gasteiger partial charge in [-0.3, -0.25) is 9.59 Å². The summed E-state index contributed by atoms with van der Waals surface area (Å²) >= 11 is 2.75. The average Bonchev–Trinajstić information content (AvgIpc) is 3.28. The fourth-order valence-electron chi connectivity index (χ4n) is 3.27. The lowest BCUT2D eigenvalue weighted by molar-refractivity contribution is 0.103. The highest BCUT2D eigenvalue weighted by Crippen LogP contribution is 2.30. The van der Waals surface area contributed by atoms with E-state index in [0.29, 0.717) is 38.5 Å². The number of carbonyl (C=O) groups is 1. The first-order valence-corrected chi connectivity index (χ1v) is 12.1. The van der Waals surface area contributed by atoms with Gasteiger partial charge in [-0.05, 0) is 59.3 Å². The molecule has 170 valence electrons. The Labute approximate surface area is 204 Å². The standard InChI is InChI=1S/C25H20N4O3S2/c1-15-10-11-33-22(15)24(31)27-18-8-4-6-16(12-18)14-34-25-28-20(21(26-2)23(30)29-25)17-7-5-9-19(13-17)32-3/h4-13H,14H2,1,3H3,(H,27,31)(H,28,29,30). The number of hydrogen-bond acceptors (Lipinski definition) is 6. The third kappa shape index (κ3) is 5.20. The normalized spacial score (nSPS) is 10.5. The minimum atomic E-state index is -0.488. The molecule has 0 spiro atoms. The predicted octanol–water partition coefficient (Wildman–Crippen LogP) is 5.91. The Balaban J connectivity index is 1.54. The van der Waals surface area contributed by atoms with Gasteiger partial charge in [-0.1, -0.05) is 36.0 Å². The van der Waals surface area contributed by atoms with Crippen LogP contribution in [0.3, 0.4) is 0 Å². The summed E-state index contributed by atoms with van der Waals surface area (Å²) in [7, 11) is 1.56. The molecule has 9 heteroatoms. The summed E-state index contributed by atoms with van der Waals surface area (Å²) in [5, 5.41) is 5.23. The number of H-pyrrole nitrogens is 1. The van der Waals surface area contributed by atoms with Crippen LogP contribution in [-0.4, -0.2) is 23.0 Å². The number of carbonyl (C=O) groups excluding carboxylic acids is 1. The lowest BCUT2D eigenvalue weighted by atomic mass is 10.1. The van der Waals surface area contributed by atoms with Crippen LogP contribution >= 0.6 is 23.1 Å². The summed E-state index contributed by atoms with van der Waals surface area (Å²) in [5.41, 5.74) is 2.98. The quantitative estimate of drug-likeness (QED) is 0.192. The lowest BCUT2D eigenvalue weighted by Gasteiger charge is -2.09. The van der Waals surface area contributed by atoms with Crippen LogP contribution in [0.4, 0.5) is 11.4 Å². The van der Waals surface area contributed by atoms with E-state index in [0.717, 1.165) is 11.1 Å². The van der Waals surface area contributed by atoms with Gasteiger partial charge < -0.3 is 15.0 Å². The highest BCUT2D eigenvalue weighted by atomic mass is 32.2. The van der Waals surface area contributed by atoms with E-state index in [4.69, 9.17) is 11.3 Å². The van der Waals surface area contributed by atoms with Crippen molar-refractivity contribution in [1.29, 1.82) is 0 Å². The number of benzene rings is 2. The first-order chi connectivity index (χ1) is 16.5. The Morgan fingerprint density at radius 1 is 1.24 bits per heavy atom. The van der Waals surface area contributed by atoms with E-state index in [1.807, 2.05) is 42.6 Å². The summed E-state index contributed by atoms with van der Waals surface area (Å²) in [4.78, 5) is 36.4. The topological polar surface area (TPSA) is 88.4 Å². The molecule has 4 rings (SSSR count). The first kappa shape index (κ1) is 23.3. The number of hydrogen-bond donors (Lipinski definition) is 2. The van der Waals surface area contributed by atoms with Crippen LogP contribution in [0, 0.1) is 13.5 Å². The van der Waals surface area contributed by atoms with Crippen molar-refractivity contribution in [2.75, 3.05) is 12.4 Å². The van der Waals surface area contributed by atoms with Gasteiger partial charge in [0.25, 0.3) is 17.2 Å². The minimum Gasteiger partial charge on any atom is -0.497 e. The Kier molecular flexibility index (Phi) is 7.11. The van der Waals surface area contributed by atoms with Crippen molar-refractivity contribution in [3.8, 4) is 17.0 Å². The molecule has 0 radical (unpaired) electrons. The molecule has 0 aliphatic carbocycles. The molecule has 1 amide bonds. The van der Waals surface area contributed by atoms with Crippen molar-refractivity contribution in [3.63, 3.8) is 0 Å². The second-order valence-corrected chi connectivity index (χ2v) is 9.17. The van der Waals surface area contributed by atoms with Crippen molar-refractivity contribution in [2.45, 2.75) is 17.8 Å². The summed E-state index contributed by atoms with van der Waals surface area (Å²) in [6, 6.07) is 16.6. The fraction of sp³-hybridized carbons (Fsp3) is 0.120. The zero-order chi connectivity index (χ0) is 24.1. The molecular formula is C25H20N4O3S2. The van der Waals surface area contributed by atoms with Gasteiger partial charge in [-0.2, -0.15) is 0 Å². The van der Waals surface area contributed by atoms with E-state index in [1.54, 1.807) is 31.4 Å². The van der Waals surface area contributed by atoms with Gasteiger partial charge in [-0.15, -0.1) is 11.3 Å². The summed E-state index contributed by atoms with van der Waals surface area (Å²) in [6.45, 7) is 9.33. The van der Waals surface area contributed by atoms with Gasteiger partial charge in [0.1, 0.15) is 5.75 Å². The van der Waals surface area contributed by atoms with Gasteiger partial charge in [-0.25, -0.2) is 9.83 Å². The zero-order valence-corrected chi connectivity index (χ0v) is 20.0. The lowest BCUT2D eigenvalue weighted by Crippen LogP contribution is -2.11. The Bertz CT molecular complexity index is 1450. The van der Waals surface area contributed by atoms with Gasteiger partial charge in [0.05, 0.1) is 24.3 Å². The molecule has 0 aliphatic heterocycles. The summed E-state index contributed by atoms with van der Waals surface area (Å²) in [5.74, 6) is 0.988. The smallest absolute Gasteiger partial charge is 0.276 e. The van der Waals surface area contributed by atoms with Crippen molar-refractivity contribution >= 4 is 40.4 Å². The SMILES string of the molecule is [C-]#[N+]c1c(-c2cccc(OC)c2)nc(SCc2cccc(NC(=O)c3sccc3C)c2)[nH]c1=O. The maximum absolute atomic E-state index is 12.5. The van der Waals surface area contributed by atoms with Crippen LogP contribution in [0.5, 0.6) is 5.75 Å². The molecule has 0 unspecified atom stereocenters. The molecule has 0 saturated heterocycles. The third-order valence-corrected chi connectivity index (χ3v) is 6.92. The van der Waals surface area contributed by atoms with E-state index in [9.17, 15) is 9.59 Å². The number of nitrogens with zero attached hydrogens (tertiary/aromatic N) is 2. The molecule has 2 aromatic carbocycles. The Morgan fingerprint density at radius 2 is 2.06 bits per heavy atom. The average molecular weight is 489 g/mol. The van der Waals surface area contributed by atoms with Gasteiger partial charge in [0.15, 0.2) is 5.16 Å². The number of methoxy groups -OCH3 is 1. The molecule has 4 aromatic rings. The number of thioether (sulfide) groups is 1. The van der Waals surface area contributed by atoms with Crippen molar-refractivity contribution < 1.29 is 9.53 Å². The molecule has 0 aliphatic rings. The van der Waals surface area contributed by atoms with E-state index < -0.39 is 5.56 Å². The highest BCUT2D eigenvalue weighted by Gasteiger charge is 2.15. The Morgan fingerprint density at radius 3 is 2.79 bits per heavy atom. The maximum Gasteiger partial charge on any atom is 0.276 e. The van der Waals surface area contributed by atoms with Crippen LogP contribution in [0.1, 0.15) is 20.8 Å². The monoisotopic (exact) mass is 488 g/mol. The number of amides is 1. The number of ether oxygens (including phenoxy) is 1. The highest BCUT2D eigenvalue weighted by molar-refractivity contribution is 7.98. The van der Waals surface area contributed by atoms with Gasteiger partial charge in [0, 0.05) is 11.4 Å². The van der Waals surface area contributed by atoms with Gasteiger partial charge >= 0.3 is 0 Å². The first-order valence-electron chi connectivity index (χ1n) is 10.2. The van der Waals surface area contributed by atoms with Gasteiger partial charge in [0.2, 0.25) is 0 Å². The van der Waals surface area contributed by atoms with E-state index in [2.05, 4.69) is 20.1 Å².